The third kappa shape index (κ3) is 3.41. The summed E-state index contributed by atoms with van der Waals surface area (Å²) in [5.41, 5.74) is 0.854. The predicted molar refractivity (Wildman–Crippen MR) is 68.8 cm³/mol. The normalized spacial score (nSPS) is 20.1. The van der Waals surface area contributed by atoms with Crippen LogP contribution in [-0.4, -0.2) is 31.1 Å². The van der Waals surface area contributed by atoms with Crippen LogP contribution in [0.1, 0.15) is 18.4 Å². The van der Waals surface area contributed by atoms with Crippen molar-refractivity contribution >= 4 is 11.6 Å². The fourth-order valence-electron chi connectivity index (χ4n) is 2.31. The maximum atomic E-state index is 13.3. The van der Waals surface area contributed by atoms with Gasteiger partial charge in [-0.05, 0) is 38.1 Å². The summed E-state index contributed by atoms with van der Waals surface area (Å²) in [5.74, 6) is -0.337. The molecule has 1 N–H and O–H groups in total. The number of likely N-dealkylation sites (N-methyl/N-ethyl adjacent to an activating group) is 1. The molecular formula is C13H18ClFN2. The molecule has 1 saturated heterocycles. The van der Waals surface area contributed by atoms with Gasteiger partial charge in [0.1, 0.15) is 5.82 Å². The van der Waals surface area contributed by atoms with E-state index in [0.717, 1.165) is 18.7 Å². The summed E-state index contributed by atoms with van der Waals surface area (Å²) in [5, 5.41) is 3.70. The van der Waals surface area contributed by atoms with Crippen LogP contribution in [0.5, 0.6) is 0 Å². The number of halogens is 2. The first-order chi connectivity index (χ1) is 8.16. The summed E-state index contributed by atoms with van der Waals surface area (Å²) < 4.78 is 13.3. The molecule has 0 bridgehead atoms. The van der Waals surface area contributed by atoms with Gasteiger partial charge < -0.3 is 10.2 Å². The van der Waals surface area contributed by atoms with Crippen LogP contribution in [0, 0.1) is 5.82 Å². The summed E-state index contributed by atoms with van der Waals surface area (Å²) in [4.78, 5) is 2.18. The molecule has 0 saturated carbocycles. The molecule has 0 radical (unpaired) electrons. The van der Waals surface area contributed by atoms with Crippen molar-refractivity contribution in [3.8, 4) is 0 Å². The molecule has 1 aliphatic rings. The van der Waals surface area contributed by atoms with Gasteiger partial charge in [0.25, 0.3) is 0 Å². The molecule has 1 fully saturated rings. The zero-order valence-electron chi connectivity index (χ0n) is 10.0. The Morgan fingerprint density at radius 2 is 2.35 bits per heavy atom. The Hall–Kier alpha value is -0.640. The fraction of sp³-hybridized carbons (Fsp3) is 0.538. The van der Waals surface area contributed by atoms with E-state index in [1.54, 1.807) is 6.07 Å². The Labute approximate surface area is 107 Å². The average molecular weight is 257 g/mol. The molecule has 2 nitrogen and oxygen atoms in total. The van der Waals surface area contributed by atoms with Crippen molar-refractivity contribution in [1.29, 1.82) is 0 Å². The van der Waals surface area contributed by atoms with Crippen molar-refractivity contribution in [2.24, 2.45) is 0 Å². The van der Waals surface area contributed by atoms with Crippen LogP contribution in [0.4, 0.5) is 4.39 Å². The van der Waals surface area contributed by atoms with Gasteiger partial charge in [0.05, 0.1) is 5.02 Å². The van der Waals surface area contributed by atoms with E-state index in [9.17, 15) is 4.39 Å². The summed E-state index contributed by atoms with van der Waals surface area (Å²) >= 11 is 5.94. The SMILES string of the molecule is CN(Cc1cccc(F)c1Cl)CC1CCCN1. The van der Waals surface area contributed by atoms with Gasteiger partial charge in [0.2, 0.25) is 0 Å². The number of nitrogens with one attached hydrogen (secondary N) is 1. The van der Waals surface area contributed by atoms with Gasteiger partial charge in [-0.1, -0.05) is 23.7 Å². The van der Waals surface area contributed by atoms with Gasteiger partial charge in [-0.3, -0.25) is 0 Å². The molecule has 4 heteroatoms. The van der Waals surface area contributed by atoms with Crippen LogP contribution in [0.25, 0.3) is 0 Å². The lowest BCUT2D eigenvalue weighted by atomic mass is 10.2. The predicted octanol–water partition coefficient (Wildman–Crippen LogP) is 2.66. The summed E-state index contributed by atoms with van der Waals surface area (Å²) in [6, 6.07) is 5.54. The molecule has 2 rings (SSSR count). The zero-order chi connectivity index (χ0) is 12.3. The monoisotopic (exact) mass is 256 g/mol. The van der Waals surface area contributed by atoms with E-state index in [-0.39, 0.29) is 10.8 Å². The zero-order valence-corrected chi connectivity index (χ0v) is 10.8. The Kier molecular flexibility index (Phi) is 4.37. The van der Waals surface area contributed by atoms with E-state index >= 15 is 0 Å². The van der Waals surface area contributed by atoms with E-state index in [4.69, 9.17) is 11.6 Å². The molecular weight excluding hydrogens is 239 g/mol. The molecule has 0 aliphatic carbocycles. The maximum absolute atomic E-state index is 13.3. The minimum Gasteiger partial charge on any atom is -0.313 e. The van der Waals surface area contributed by atoms with Gasteiger partial charge in [0, 0.05) is 19.1 Å². The highest BCUT2D eigenvalue weighted by Gasteiger charge is 2.16. The second kappa shape index (κ2) is 5.80. The molecule has 1 aliphatic heterocycles. The van der Waals surface area contributed by atoms with E-state index < -0.39 is 0 Å². The third-order valence-corrected chi connectivity index (χ3v) is 3.59. The molecule has 94 valence electrons. The second-order valence-corrected chi connectivity index (χ2v) is 5.08. The van der Waals surface area contributed by atoms with Crippen molar-refractivity contribution in [3.05, 3.63) is 34.6 Å². The lowest BCUT2D eigenvalue weighted by Crippen LogP contribution is -2.35. The highest BCUT2D eigenvalue weighted by Crippen LogP contribution is 2.21. The van der Waals surface area contributed by atoms with Crippen LogP contribution >= 0.6 is 11.6 Å². The number of benzene rings is 1. The minimum atomic E-state index is -0.337. The molecule has 1 heterocycles. The summed E-state index contributed by atoms with van der Waals surface area (Å²) in [6.07, 6.45) is 2.47. The smallest absolute Gasteiger partial charge is 0.142 e. The van der Waals surface area contributed by atoms with Crippen molar-refractivity contribution in [1.82, 2.24) is 10.2 Å². The standard InChI is InChI=1S/C13H18ClFN2/c1-17(9-11-5-3-7-16-11)8-10-4-2-6-12(15)13(10)14/h2,4,6,11,16H,3,5,7-9H2,1H3. The van der Waals surface area contributed by atoms with E-state index in [1.807, 2.05) is 13.1 Å². The van der Waals surface area contributed by atoms with Gasteiger partial charge in [-0.15, -0.1) is 0 Å². The van der Waals surface area contributed by atoms with Crippen LogP contribution in [-0.2, 0) is 6.54 Å². The highest BCUT2D eigenvalue weighted by atomic mass is 35.5. The molecule has 1 atom stereocenters. The van der Waals surface area contributed by atoms with Crippen molar-refractivity contribution in [3.63, 3.8) is 0 Å². The number of hydrogen-bond acceptors (Lipinski definition) is 2. The Balaban J connectivity index is 1.93. The minimum absolute atomic E-state index is 0.249. The van der Waals surface area contributed by atoms with E-state index in [2.05, 4.69) is 10.2 Å². The topological polar surface area (TPSA) is 15.3 Å². The molecule has 17 heavy (non-hydrogen) atoms. The molecule has 1 aromatic rings. The summed E-state index contributed by atoms with van der Waals surface area (Å²) in [7, 11) is 2.04. The van der Waals surface area contributed by atoms with Crippen LogP contribution in [0.2, 0.25) is 5.02 Å². The van der Waals surface area contributed by atoms with Crippen LogP contribution < -0.4 is 5.32 Å². The Morgan fingerprint density at radius 3 is 3.06 bits per heavy atom. The highest BCUT2D eigenvalue weighted by molar-refractivity contribution is 6.31. The van der Waals surface area contributed by atoms with Gasteiger partial charge in [-0.2, -0.15) is 0 Å². The maximum Gasteiger partial charge on any atom is 0.142 e. The number of nitrogens with zero attached hydrogens (tertiary/aromatic N) is 1. The third-order valence-electron chi connectivity index (χ3n) is 3.17. The van der Waals surface area contributed by atoms with Crippen LogP contribution in [0.3, 0.4) is 0 Å². The quantitative estimate of drug-likeness (QED) is 0.891. The first-order valence-corrected chi connectivity index (χ1v) is 6.39. The van der Waals surface area contributed by atoms with Crippen molar-refractivity contribution in [2.75, 3.05) is 20.1 Å². The lowest BCUT2D eigenvalue weighted by Gasteiger charge is -2.21. The fourth-order valence-corrected chi connectivity index (χ4v) is 2.50. The van der Waals surface area contributed by atoms with Crippen molar-refractivity contribution in [2.45, 2.75) is 25.4 Å². The average Bonchev–Trinajstić information content (AvgIpc) is 2.77. The van der Waals surface area contributed by atoms with Crippen molar-refractivity contribution < 1.29 is 4.39 Å². The molecule has 1 aromatic carbocycles. The first kappa shape index (κ1) is 12.8. The molecule has 0 aromatic heterocycles. The van der Waals surface area contributed by atoms with E-state index in [1.165, 1.54) is 18.9 Å². The largest absolute Gasteiger partial charge is 0.313 e. The number of rotatable bonds is 4. The Morgan fingerprint density at radius 1 is 1.53 bits per heavy atom. The van der Waals surface area contributed by atoms with Gasteiger partial charge in [0.15, 0.2) is 0 Å². The van der Waals surface area contributed by atoms with Gasteiger partial charge in [-0.25, -0.2) is 4.39 Å². The lowest BCUT2D eigenvalue weighted by molar-refractivity contribution is 0.293. The molecule has 0 amide bonds. The van der Waals surface area contributed by atoms with Gasteiger partial charge >= 0.3 is 0 Å². The second-order valence-electron chi connectivity index (χ2n) is 4.70. The van der Waals surface area contributed by atoms with E-state index in [0.29, 0.717) is 12.6 Å². The summed E-state index contributed by atoms with van der Waals surface area (Å²) in [6.45, 7) is 2.78. The number of hydrogen-bond donors (Lipinski definition) is 1. The first-order valence-electron chi connectivity index (χ1n) is 6.01. The molecule has 1 unspecified atom stereocenters. The molecule has 0 spiro atoms. The van der Waals surface area contributed by atoms with Crippen LogP contribution in [0.15, 0.2) is 18.2 Å². The Bertz CT molecular complexity index is 378.